The molecule has 0 aliphatic rings. The maximum atomic E-state index is 5.86. The number of para-hydroxylation sites is 1. The maximum absolute atomic E-state index is 5.86. The number of unbranched alkanes of at least 4 members (excludes halogenated alkanes) is 2. The molecule has 0 radical (unpaired) electrons. The van der Waals surface area contributed by atoms with Crippen molar-refractivity contribution in [2.75, 3.05) is 0 Å². The Kier molecular flexibility index (Phi) is 6.16. The normalized spacial score (nSPS) is 11.1. The molecule has 17 heavy (non-hydrogen) atoms. The van der Waals surface area contributed by atoms with Crippen molar-refractivity contribution in [1.82, 2.24) is 0 Å². The van der Waals surface area contributed by atoms with Crippen LogP contribution in [-0.2, 0) is 0 Å². The Balaban J connectivity index is 2.70. The van der Waals surface area contributed by atoms with E-state index in [-0.39, 0.29) is 0 Å². The fourth-order valence-corrected chi connectivity index (χ4v) is 1.49. The van der Waals surface area contributed by atoms with Gasteiger partial charge in [0, 0.05) is 0 Å². The van der Waals surface area contributed by atoms with Gasteiger partial charge in [-0.05, 0) is 51.0 Å². The standard InChI is InChI=1S/C16H22O/c1-4-5-7-12-16(13-14(2)3)17-15-10-8-6-9-11-15/h6,8-13H,4-5,7H2,1-3H3. The van der Waals surface area contributed by atoms with Crippen molar-refractivity contribution >= 4 is 0 Å². The van der Waals surface area contributed by atoms with Gasteiger partial charge >= 0.3 is 0 Å². The smallest absolute Gasteiger partial charge is 0.127 e. The number of ether oxygens (including phenoxy) is 1. The molecule has 0 saturated carbocycles. The molecule has 1 heteroatoms. The maximum Gasteiger partial charge on any atom is 0.127 e. The summed E-state index contributed by atoms with van der Waals surface area (Å²) >= 11 is 0. The molecule has 0 spiro atoms. The van der Waals surface area contributed by atoms with Gasteiger partial charge in [-0.3, -0.25) is 0 Å². The molecule has 0 unspecified atom stereocenters. The molecule has 92 valence electrons. The predicted octanol–water partition coefficient (Wildman–Crippen LogP) is 5.11. The third-order valence-corrected chi connectivity index (χ3v) is 2.31. The summed E-state index contributed by atoms with van der Waals surface area (Å²) in [4.78, 5) is 0. The number of allylic oxidation sites excluding steroid dienone is 3. The first-order valence-electron chi connectivity index (χ1n) is 6.30. The highest BCUT2D eigenvalue weighted by Crippen LogP contribution is 2.15. The highest BCUT2D eigenvalue weighted by Gasteiger charge is 1.97. The van der Waals surface area contributed by atoms with Crippen LogP contribution in [0.2, 0.25) is 0 Å². The van der Waals surface area contributed by atoms with Crippen LogP contribution in [0.25, 0.3) is 0 Å². The Bertz CT molecular complexity index is 370. The zero-order valence-electron chi connectivity index (χ0n) is 11.1. The summed E-state index contributed by atoms with van der Waals surface area (Å²) in [6.45, 7) is 6.37. The second kappa shape index (κ2) is 7.72. The van der Waals surface area contributed by atoms with Crippen molar-refractivity contribution in [2.45, 2.75) is 40.0 Å². The molecule has 0 saturated heterocycles. The van der Waals surface area contributed by atoms with Crippen LogP contribution in [-0.4, -0.2) is 0 Å². The van der Waals surface area contributed by atoms with Crippen molar-refractivity contribution in [3.63, 3.8) is 0 Å². The lowest BCUT2D eigenvalue weighted by molar-refractivity contribution is 0.440. The molecule has 0 bridgehead atoms. The average molecular weight is 230 g/mol. The first-order valence-corrected chi connectivity index (χ1v) is 6.30. The van der Waals surface area contributed by atoms with Crippen molar-refractivity contribution in [1.29, 1.82) is 0 Å². The first kappa shape index (κ1) is 13.6. The summed E-state index contributed by atoms with van der Waals surface area (Å²) < 4.78 is 5.86. The molecule has 1 aromatic carbocycles. The Morgan fingerprint density at radius 1 is 1.18 bits per heavy atom. The summed E-state index contributed by atoms with van der Waals surface area (Å²) in [5.41, 5.74) is 1.25. The lowest BCUT2D eigenvalue weighted by Gasteiger charge is -2.07. The van der Waals surface area contributed by atoms with Crippen LogP contribution in [0.1, 0.15) is 40.0 Å². The van der Waals surface area contributed by atoms with Crippen molar-refractivity contribution in [2.24, 2.45) is 0 Å². The Morgan fingerprint density at radius 3 is 2.47 bits per heavy atom. The molecule has 0 heterocycles. The lowest BCUT2D eigenvalue weighted by Crippen LogP contribution is -1.93. The lowest BCUT2D eigenvalue weighted by atomic mass is 10.2. The third kappa shape index (κ3) is 5.96. The highest BCUT2D eigenvalue weighted by atomic mass is 16.5. The molecule has 0 aliphatic heterocycles. The second-order valence-corrected chi connectivity index (χ2v) is 4.39. The fourth-order valence-electron chi connectivity index (χ4n) is 1.49. The van der Waals surface area contributed by atoms with Gasteiger partial charge in [0.2, 0.25) is 0 Å². The molecule has 0 N–H and O–H groups in total. The highest BCUT2D eigenvalue weighted by molar-refractivity contribution is 5.27. The summed E-state index contributed by atoms with van der Waals surface area (Å²) in [5.74, 6) is 1.84. The number of hydrogen-bond acceptors (Lipinski definition) is 1. The van der Waals surface area contributed by atoms with Gasteiger partial charge in [0.25, 0.3) is 0 Å². The minimum absolute atomic E-state index is 0.896. The Labute approximate surface area is 105 Å². The van der Waals surface area contributed by atoms with Crippen LogP contribution in [0.4, 0.5) is 0 Å². The fraction of sp³-hybridized carbons (Fsp3) is 0.375. The van der Waals surface area contributed by atoms with Gasteiger partial charge in [0.1, 0.15) is 11.5 Å². The van der Waals surface area contributed by atoms with Crippen LogP contribution >= 0.6 is 0 Å². The number of rotatable bonds is 6. The molecule has 0 aliphatic carbocycles. The van der Waals surface area contributed by atoms with Gasteiger partial charge in [-0.1, -0.05) is 37.1 Å². The average Bonchev–Trinajstić information content (AvgIpc) is 2.30. The van der Waals surface area contributed by atoms with Gasteiger partial charge in [-0.2, -0.15) is 0 Å². The molecule has 0 aromatic heterocycles. The van der Waals surface area contributed by atoms with Crippen LogP contribution in [0.5, 0.6) is 5.75 Å². The van der Waals surface area contributed by atoms with Gasteiger partial charge in [0.05, 0.1) is 0 Å². The van der Waals surface area contributed by atoms with E-state index in [0.29, 0.717) is 0 Å². The summed E-state index contributed by atoms with van der Waals surface area (Å²) in [6, 6.07) is 9.93. The molecule has 0 fully saturated rings. The summed E-state index contributed by atoms with van der Waals surface area (Å²) in [5, 5.41) is 0. The zero-order valence-corrected chi connectivity index (χ0v) is 11.1. The van der Waals surface area contributed by atoms with Crippen LogP contribution in [0.15, 0.2) is 53.8 Å². The van der Waals surface area contributed by atoms with Gasteiger partial charge in [-0.15, -0.1) is 0 Å². The topological polar surface area (TPSA) is 9.23 Å². The molecule has 0 amide bonds. The SMILES string of the molecule is CCCCC=C(C=C(C)C)Oc1ccccc1. The van der Waals surface area contributed by atoms with E-state index in [1.54, 1.807) is 0 Å². The van der Waals surface area contributed by atoms with E-state index < -0.39 is 0 Å². The summed E-state index contributed by atoms with van der Waals surface area (Å²) in [6.07, 6.45) is 7.75. The predicted molar refractivity (Wildman–Crippen MR) is 74.1 cm³/mol. The van der Waals surface area contributed by atoms with Crippen molar-refractivity contribution in [3.05, 3.63) is 53.8 Å². The first-order chi connectivity index (χ1) is 8.22. The molecular weight excluding hydrogens is 208 g/mol. The van der Waals surface area contributed by atoms with E-state index in [1.165, 1.54) is 18.4 Å². The molecule has 1 aromatic rings. The van der Waals surface area contributed by atoms with Crippen LogP contribution < -0.4 is 4.74 Å². The molecule has 1 rings (SSSR count). The minimum Gasteiger partial charge on any atom is -0.458 e. The molecular formula is C16H22O. The molecule has 0 atom stereocenters. The van der Waals surface area contributed by atoms with E-state index >= 15 is 0 Å². The third-order valence-electron chi connectivity index (χ3n) is 2.31. The Hall–Kier alpha value is -1.50. The second-order valence-electron chi connectivity index (χ2n) is 4.39. The number of benzene rings is 1. The van der Waals surface area contributed by atoms with Crippen LogP contribution in [0, 0.1) is 0 Å². The van der Waals surface area contributed by atoms with E-state index in [0.717, 1.165) is 17.9 Å². The van der Waals surface area contributed by atoms with Gasteiger partial charge < -0.3 is 4.74 Å². The van der Waals surface area contributed by atoms with E-state index in [4.69, 9.17) is 4.74 Å². The van der Waals surface area contributed by atoms with E-state index in [2.05, 4.69) is 32.9 Å². The minimum atomic E-state index is 0.896. The number of hydrogen-bond donors (Lipinski definition) is 0. The monoisotopic (exact) mass is 230 g/mol. The van der Waals surface area contributed by atoms with Crippen LogP contribution in [0.3, 0.4) is 0 Å². The van der Waals surface area contributed by atoms with E-state index in [9.17, 15) is 0 Å². The van der Waals surface area contributed by atoms with Gasteiger partial charge in [0.15, 0.2) is 0 Å². The van der Waals surface area contributed by atoms with E-state index in [1.807, 2.05) is 30.3 Å². The van der Waals surface area contributed by atoms with Crippen molar-refractivity contribution < 1.29 is 4.74 Å². The quantitative estimate of drug-likeness (QED) is 0.375. The van der Waals surface area contributed by atoms with Gasteiger partial charge in [-0.25, -0.2) is 0 Å². The van der Waals surface area contributed by atoms with Crippen molar-refractivity contribution in [3.8, 4) is 5.75 Å². The largest absolute Gasteiger partial charge is 0.458 e. The Morgan fingerprint density at radius 2 is 1.88 bits per heavy atom. The molecule has 1 nitrogen and oxygen atoms in total. The summed E-state index contributed by atoms with van der Waals surface area (Å²) in [7, 11) is 0. The zero-order chi connectivity index (χ0) is 12.5.